The maximum atomic E-state index is 12.3. The SMILES string of the molecule is O=C(NC1CCCC1)c1ccnc(Nc2ccc(Cl)c(Cl)c2)c1. The number of hydrogen-bond acceptors (Lipinski definition) is 3. The average Bonchev–Trinajstić information content (AvgIpc) is 3.04. The van der Waals surface area contributed by atoms with E-state index in [1.165, 1.54) is 12.8 Å². The van der Waals surface area contributed by atoms with Gasteiger partial charge in [-0.15, -0.1) is 0 Å². The molecule has 0 radical (unpaired) electrons. The Morgan fingerprint density at radius 1 is 1.09 bits per heavy atom. The van der Waals surface area contributed by atoms with Gasteiger partial charge in [-0.25, -0.2) is 4.98 Å². The Hall–Kier alpha value is -1.78. The van der Waals surface area contributed by atoms with Gasteiger partial charge in [0.1, 0.15) is 5.82 Å². The fraction of sp³-hybridized carbons (Fsp3) is 0.294. The van der Waals surface area contributed by atoms with Crippen LogP contribution in [0.4, 0.5) is 11.5 Å². The fourth-order valence-corrected chi connectivity index (χ4v) is 3.00. The van der Waals surface area contributed by atoms with Crippen molar-refractivity contribution in [3.63, 3.8) is 0 Å². The lowest BCUT2D eigenvalue weighted by molar-refractivity contribution is 0.0938. The molecule has 1 saturated carbocycles. The van der Waals surface area contributed by atoms with Gasteiger partial charge in [0, 0.05) is 23.5 Å². The second kappa shape index (κ2) is 7.20. The van der Waals surface area contributed by atoms with Crippen LogP contribution < -0.4 is 10.6 Å². The van der Waals surface area contributed by atoms with E-state index in [4.69, 9.17) is 23.2 Å². The number of hydrogen-bond donors (Lipinski definition) is 2. The molecule has 2 N–H and O–H groups in total. The van der Waals surface area contributed by atoms with Crippen LogP contribution in [0.25, 0.3) is 0 Å². The van der Waals surface area contributed by atoms with Crippen molar-refractivity contribution in [2.45, 2.75) is 31.7 Å². The summed E-state index contributed by atoms with van der Waals surface area (Å²) < 4.78 is 0. The molecule has 2 aromatic rings. The molecule has 6 heteroatoms. The summed E-state index contributed by atoms with van der Waals surface area (Å²) in [5.41, 5.74) is 1.36. The minimum Gasteiger partial charge on any atom is -0.349 e. The number of aromatic nitrogens is 1. The smallest absolute Gasteiger partial charge is 0.251 e. The number of carbonyl (C=O) groups is 1. The van der Waals surface area contributed by atoms with Gasteiger partial charge in [-0.05, 0) is 43.2 Å². The van der Waals surface area contributed by atoms with Crippen molar-refractivity contribution in [3.05, 3.63) is 52.1 Å². The molecule has 3 rings (SSSR count). The van der Waals surface area contributed by atoms with E-state index < -0.39 is 0 Å². The third-order valence-corrected chi connectivity index (χ3v) is 4.64. The van der Waals surface area contributed by atoms with Crippen molar-refractivity contribution in [1.29, 1.82) is 0 Å². The van der Waals surface area contributed by atoms with Crippen molar-refractivity contribution in [2.24, 2.45) is 0 Å². The second-order valence-electron chi connectivity index (χ2n) is 5.64. The van der Waals surface area contributed by atoms with Crippen LogP contribution in [0.15, 0.2) is 36.5 Å². The highest BCUT2D eigenvalue weighted by Crippen LogP contribution is 2.26. The Morgan fingerprint density at radius 3 is 2.61 bits per heavy atom. The molecule has 0 saturated heterocycles. The van der Waals surface area contributed by atoms with Crippen LogP contribution in [-0.4, -0.2) is 16.9 Å². The van der Waals surface area contributed by atoms with Crippen LogP contribution in [0.3, 0.4) is 0 Å². The summed E-state index contributed by atoms with van der Waals surface area (Å²) in [5, 5.41) is 7.16. The molecule has 1 amide bonds. The molecule has 1 aliphatic rings. The summed E-state index contributed by atoms with van der Waals surface area (Å²) in [6, 6.07) is 8.97. The van der Waals surface area contributed by atoms with Gasteiger partial charge in [-0.2, -0.15) is 0 Å². The van der Waals surface area contributed by atoms with E-state index in [1.54, 1.807) is 36.5 Å². The van der Waals surface area contributed by atoms with Crippen molar-refractivity contribution in [3.8, 4) is 0 Å². The third-order valence-electron chi connectivity index (χ3n) is 3.90. The van der Waals surface area contributed by atoms with Crippen LogP contribution in [0.5, 0.6) is 0 Å². The van der Waals surface area contributed by atoms with E-state index in [1.807, 2.05) is 0 Å². The fourth-order valence-electron chi connectivity index (χ4n) is 2.70. The van der Waals surface area contributed by atoms with Crippen molar-refractivity contribution < 1.29 is 4.79 Å². The Bertz CT molecular complexity index is 715. The Balaban J connectivity index is 1.71. The molecule has 0 atom stereocenters. The molecular weight excluding hydrogens is 333 g/mol. The molecule has 120 valence electrons. The van der Waals surface area contributed by atoms with Crippen LogP contribution in [0, 0.1) is 0 Å². The minimum atomic E-state index is -0.0588. The number of amides is 1. The van der Waals surface area contributed by atoms with Crippen LogP contribution >= 0.6 is 23.2 Å². The number of rotatable bonds is 4. The standard InChI is InChI=1S/C17H17Cl2N3O/c18-14-6-5-13(10-15(14)19)21-16-9-11(7-8-20-16)17(23)22-12-3-1-2-4-12/h5-10,12H,1-4H2,(H,20,21)(H,22,23). The van der Waals surface area contributed by atoms with Gasteiger partial charge >= 0.3 is 0 Å². The molecule has 1 fully saturated rings. The van der Waals surface area contributed by atoms with E-state index in [0.29, 0.717) is 27.5 Å². The number of anilines is 2. The number of nitrogens with zero attached hydrogens (tertiary/aromatic N) is 1. The third kappa shape index (κ3) is 4.15. The molecule has 0 aliphatic heterocycles. The molecule has 1 aromatic carbocycles. The van der Waals surface area contributed by atoms with E-state index in [9.17, 15) is 4.79 Å². The van der Waals surface area contributed by atoms with E-state index in [2.05, 4.69) is 15.6 Å². The van der Waals surface area contributed by atoms with E-state index in [-0.39, 0.29) is 5.91 Å². The number of nitrogens with one attached hydrogen (secondary N) is 2. The number of carbonyl (C=O) groups excluding carboxylic acids is 1. The zero-order valence-electron chi connectivity index (χ0n) is 12.5. The minimum absolute atomic E-state index is 0.0588. The van der Waals surface area contributed by atoms with Crippen molar-refractivity contribution in [1.82, 2.24) is 10.3 Å². The molecule has 1 aromatic heterocycles. The summed E-state index contributed by atoms with van der Waals surface area (Å²) in [6.07, 6.45) is 6.11. The quantitative estimate of drug-likeness (QED) is 0.832. The van der Waals surface area contributed by atoms with Gasteiger partial charge < -0.3 is 10.6 Å². The number of halogens is 2. The molecular formula is C17H17Cl2N3O. The Kier molecular flexibility index (Phi) is 5.03. The molecule has 1 heterocycles. The molecule has 1 aliphatic carbocycles. The largest absolute Gasteiger partial charge is 0.349 e. The van der Waals surface area contributed by atoms with Gasteiger partial charge in [-0.3, -0.25) is 4.79 Å². The van der Waals surface area contributed by atoms with Gasteiger partial charge in [0.15, 0.2) is 0 Å². The van der Waals surface area contributed by atoms with Crippen LogP contribution in [0.2, 0.25) is 10.0 Å². The Morgan fingerprint density at radius 2 is 1.87 bits per heavy atom. The normalized spacial score (nSPS) is 14.7. The predicted octanol–water partition coefficient (Wildman–Crippen LogP) is 4.80. The number of pyridine rings is 1. The summed E-state index contributed by atoms with van der Waals surface area (Å²) in [4.78, 5) is 16.5. The Labute approximate surface area is 145 Å². The summed E-state index contributed by atoms with van der Waals surface area (Å²) in [6.45, 7) is 0. The molecule has 0 unspecified atom stereocenters. The molecule has 23 heavy (non-hydrogen) atoms. The maximum Gasteiger partial charge on any atom is 0.251 e. The zero-order valence-corrected chi connectivity index (χ0v) is 14.0. The van der Waals surface area contributed by atoms with Gasteiger partial charge in [0.2, 0.25) is 0 Å². The zero-order chi connectivity index (χ0) is 16.2. The maximum absolute atomic E-state index is 12.3. The lowest BCUT2D eigenvalue weighted by Gasteiger charge is -2.12. The summed E-state index contributed by atoms with van der Waals surface area (Å²) in [5.74, 6) is 0.527. The first-order valence-corrected chi connectivity index (χ1v) is 8.36. The van der Waals surface area contributed by atoms with Crippen molar-refractivity contribution in [2.75, 3.05) is 5.32 Å². The number of benzene rings is 1. The first kappa shape index (κ1) is 16.1. The van der Waals surface area contributed by atoms with Crippen LogP contribution in [-0.2, 0) is 0 Å². The highest BCUT2D eigenvalue weighted by Gasteiger charge is 2.18. The molecule has 0 bridgehead atoms. The predicted molar refractivity (Wildman–Crippen MR) is 93.7 cm³/mol. The average molecular weight is 350 g/mol. The topological polar surface area (TPSA) is 54.0 Å². The first-order chi connectivity index (χ1) is 11.1. The highest BCUT2D eigenvalue weighted by molar-refractivity contribution is 6.42. The van der Waals surface area contributed by atoms with Crippen LogP contribution in [0.1, 0.15) is 36.0 Å². The van der Waals surface area contributed by atoms with Crippen molar-refractivity contribution >= 4 is 40.6 Å². The highest BCUT2D eigenvalue weighted by atomic mass is 35.5. The van der Waals surface area contributed by atoms with Gasteiger partial charge in [-0.1, -0.05) is 36.0 Å². The van der Waals surface area contributed by atoms with E-state index in [0.717, 1.165) is 18.5 Å². The summed E-state index contributed by atoms with van der Waals surface area (Å²) in [7, 11) is 0. The molecule has 4 nitrogen and oxygen atoms in total. The molecule has 0 spiro atoms. The van der Waals surface area contributed by atoms with Gasteiger partial charge in [0.05, 0.1) is 10.0 Å². The second-order valence-corrected chi connectivity index (χ2v) is 6.45. The first-order valence-electron chi connectivity index (χ1n) is 7.61. The van der Waals surface area contributed by atoms with E-state index >= 15 is 0 Å². The lowest BCUT2D eigenvalue weighted by Crippen LogP contribution is -2.32. The lowest BCUT2D eigenvalue weighted by atomic mass is 10.2. The summed E-state index contributed by atoms with van der Waals surface area (Å²) >= 11 is 11.9. The monoisotopic (exact) mass is 349 g/mol. The van der Waals surface area contributed by atoms with Gasteiger partial charge in [0.25, 0.3) is 5.91 Å².